The number of nitrogens with one attached hydrogen (secondary N) is 2. The van der Waals surface area contributed by atoms with E-state index in [-0.39, 0.29) is 4.90 Å². The third-order valence-electron chi connectivity index (χ3n) is 4.97. The van der Waals surface area contributed by atoms with Crippen molar-refractivity contribution < 1.29 is 13.2 Å². The molecule has 0 saturated carbocycles. The van der Waals surface area contributed by atoms with Crippen LogP contribution in [0.1, 0.15) is 11.4 Å². The Hall–Kier alpha value is -3.92. The number of nitrogens with zero attached hydrogens (tertiary/aromatic N) is 4. The van der Waals surface area contributed by atoms with Gasteiger partial charge in [0.25, 0.3) is 10.0 Å². The summed E-state index contributed by atoms with van der Waals surface area (Å²) in [5.41, 5.74) is 2.13. The van der Waals surface area contributed by atoms with Crippen LogP contribution in [-0.2, 0) is 16.4 Å². The van der Waals surface area contributed by atoms with Crippen LogP contribution in [-0.4, -0.2) is 34.5 Å². The molecule has 0 bridgehead atoms. The Kier molecular flexibility index (Phi) is 4.98. The second-order valence-electron chi connectivity index (χ2n) is 7.30. The molecule has 0 atom stereocenters. The zero-order chi connectivity index (χ0) is 22.1. The fraction of sp³-hybridized carbons (Fsp3) is 0.136. The summed E-state index contributed by atoms with van der Waals surface area (Å²) in [6, 6.07) is 13.7. The minimum absolute atomic E-state index is 0.215. The third-order valence-corrected chi connectivity index (χ3v) is 6.35. The summed E-state index contributed by atoms with van der Waals surface area (Å²) in [6.45, 7) is 2.39. The number of anilines is 3. The number of aryl methyl sites for hydroxylation is 1. The van der Waals surface area contributed by atoms with Gasteiger partial charge in [-0.3, -0.25) is 9.29 Å². The second kappa shape index (κ2) is 7.97. The summed E-state index contributed by atoms with van der Waals surface area (Å²) in [4.78, 5) is 13.1. The lowest BCUT2D eigenvalue weighted by molar-refractivity contribution is 0.356. The van der Waals surface area contributed by atoms with Crippen molar-refractivity contribution in [1.29, 1.82) is 0 Å². The van der Waals surface area contributed by atoms with Crippen LogP contribution in [0.15, 0.2) is 72.1 Å². The number of imidazole rings is 1. The molecule has 0 aliphatic carbocycles. The number of aromatic nitrogens is 4. The first-order chi connectivity index (χ1) is 15.5. The molecule has 5 rings (SSSR count). The SMILES string of the molecule is Cc1nc(Nc2ccc(NS(=O)(=O)c3ccc4c(c3)CCO4)cc2)cc(-n2ccnc2)n1. The van der Waals surface area contributed by atoms with Gasteiger partial charge in [-0.15, -0.1) is 0 Å². The zero-order valence-corrected chi connectivity index (χ0v) is 18.0. The minimum Gasteiger partial charge on any atom is -0.493 e. The van der Waals surface area contributed by atoms with E-state index in [2.05, 4.69) is 25.0 Å². The predicted molar refractivity (Wildman–Crippen MR) is 120 cm³/mol. The van der Waals surface area contributed by atoms with E-state index >= 15 is 0 Å². The van der Waals surface area contributed by atoms with E-state index in [0.29, 0.717) is 36.2 Å². The number of ether oxygens (including phenoxy) is 1. The van der Waals surface area contributed by atoms with E-state index in [4.69, 9.17) is 4.74 Å². The number of hydrogen-bond donors (Lipinski definition) is 2. The van der Waals surface area contributed by atoms with Crippen molar-refractivity contribution in [1.82, 2.24) is 19.5 Å². The molecule has 3 heterocycles. The van der Waals surface area contributed by atoms with Gasteiger partial charge in [0, 0.05) is 36.3 Å². The first kappa shape index (κ1) is 20.0. The molecule has 9 nitrogen and oxygen atoms in total. The highest BCUT2D eigenvalue weighted by Crippen LogP contribution is 2.28. The minimum atomic E-state index is -3.70. The van der Waals surface area contributed by atoms with Gasteiger partial charge in [0.1, 0.15) is 29.5 Å². The van der Waals surface area contributed by atoms with Crippen molar-refractivity contribution in [2.75, 3.05) is 16.6 Å². The van der Waals surface area contributed by atoms with Crippen molar-refractivity contribution in [3.63, 3.8) is 0 Å². The first-order valence-electron chi connectivity index (χ1n) is 9.96. The van der Waals surface area contributed by atoms with Crippen LogP contribution in [0.4, 0.5) is 17.2 Å². The Labute approximate surface area is 185 Å². The molecule has 1 aliphatic rings. The van der Waals surface area contributed by atoms with E-state index < -0.39 is 10.0 Å². The lowest BCUT2D eigenvalue weighted by Crippen LogP contribution is -2.13. The highest BCUT2D eigenvalue weighted by Gasteiger charge is 2.19. The van der Waals surface area contributed by atoms with Gasteiger partial charge in [-0.2, -0.15) is 0 Å². The Bertz CT molecular complexity index is 1370. The summed E-state index contributed by atoms with van der Waals surface area (Å²) in [5.74, 6) is 2.68. The van der Waals surface area contributed by atoms with Gasteiger partial charge in [-0.25, -0.2) is 23.4 Å². The molecule has 0 amide bonds. The largest absolute Gasteiger partial charge is 0.493 e. The molecule has 2 N–H and O–H groups in total. The predicted octanol–water partition coefficient (Wildman–Crippen LogP) is 3.45. The monoisotopic (exact) mass is 448 g/mol. The topological polar surface area (TPSA) is 111 Å². The van der Waals surface area contributed by atoms with E-state index in [1.165, 1.54) is 0 Å². The summed E-state index contributed by atoms with van der Waals surface area (Å²) in [6.07, 6.45) is 5.87. The Morgan fingerprint density at radius 1 is 1.03 bits per heavy atom. The third kappa shape index (κ3) is 4.12. The lowest BCUT2D eigenvalue weighted by atomic mass is 10.2. The second-order valence-corrected chi connectivity index (χ2v) is 8.99. The standard InChI is InChI=1S/C22H20N6O3S/c1-15-24-21(13-22(25-15)28-10-9-23-14-28)26-17-2-4-18(5-3-17)27-32(29,30)19-6-7-20-16(12-19)8-11-31-20/h2-7,9-10,12-14,27H,8,11H2,1H3,(H,24,25,26). The van der Waals surface area contributed by atoms with Crippen molar-refractivity contribution in [2.45, 2.75) is 18.2 Å². The fourth-order valence-corrected chi connectivity index (χ4v) is 4.57. The van der Waals surface area contributed by atoms with Crippen LogP contribution in [0.25, 0.3) is 5.82 Å². The summed E-state index contributed by atoms with van der Waals surface area (Å²) in [7, 11) is -3.70. The molecule has 0 unspecified atom stereocenters. The quantitative estimate of drug-likeness (QED) is 0.465. The van der Waals surface area contributed by atoms with Crippen molar-refractivity contribution in [3.05, 3.63) is 78.6 Å². The van der Waals surface area contributed by atoms with Crippen LogP contribution < -0.4 is 14.8 Å². The molecule has 32 heavy (non-hydrogen) atoms. The molecule has 0 fully saturated rings. The number of fused-ring (bicyclic) bond motifs is 1. The molecule has 1 aliphatic heterocycles. The van der Waals surface area contributed by atoms with Crippen molar-refractivity contribution in [2.24, 2.45) is 0 Å². The molecule has 0 radical (unpaired) electrons. The average molecular weight is 449 g/mol. The molecule has 0 spiro atoms. The van der Waals surface area contributed by atoms with E-state index in [1.54, 1.807) is 65.8 Å². The fourth-order valence-electron chi connectivity index (χ4n) is 3.46. The number of benzene rings is 2. The molecular formula is C22H20N6O3S. The summed E-state index contributed by atoms with van der Waals surface area (Å²) >= 11 is 0. The highest BCUT2D eigenvalue weighted by molar-refractivity contribution is 7.92. The first-order valence-corrected chi connectivity index (χ1v) is 11.4. The maximum atomic E-state index is 12.8. The van der Waals surface area contributed by atoms with Gasteiger partial charge in [0.05, 0.1) is 11.5 Å². The Balaban J connectivity index is 1.31. The molecule has 10 heteroatoms. The number of hydrogen-bond acceptors (Lipinski definition) is 7. The van der Waals surface area contributed by atoms with Crippen LogP contribution in [0.2, 0.25) is 0 Å². The van der Waals surface area contributed by atoms with Crippen LogP contribution >= 0.6 is 0 Å². The Morgan fingerprint density at radius 2 is 1.84 bits per heavy atom. The van der Waals surface area contributed by atoms with Gasteiger partial charge in [0.15, 0.2) is 0 Å². The molecule has 2 aromatic carbocycles. The average Bonchev–Trinajstić information content (AvgIpc) is 3.46. The summed E-state index contributed by atoms with van der Waals surface area (Å²) < 4.78 is 35.4. The van der Waals surface area contributed by atoms with Gasteiger partial charge in [-0.1, -0.05) is 0 Å². The maximum absolute atomic E-state index is 12.8. The molecule has 0 saturated heterocycles. The molecule has 4 aromatic rings. The van der Waals surface area contributed by atoms with Crippen LogP contribution in [0.3, 0.4) is 0 Å². The molecular weight excluding hydrogens is 428 g/mol. The van der Waals surface area contributed by atoms with Crippen LogP contribution in [0.5, 0.6) is 5.75 Å². The zero-order valence-electron chi connectivity index (χ0n) is 17.2. The van der Waals surface area contributed by atoms with Gasteiger partial charge in [-0.05, 0) is 55.0 Å². The number of sulfonamides is 1. The van der Waals surface area contributed by atoms with Crippen LogP contribution in [0, 0.1) is 6.92 Å². The van der Waals surface area contributed by atoms with Gasteiger partial charge >= 0.3 is 0 Å². The highest BCUT2D eigenvalue weighted by atomic mass is 32.2. The van der Waals surface area contributed by atoms with E-state index in [0.717, 1.165) is 17.0 Å². The van der Waals surface area contributed by atoms with E-state index in [9.17, 15) is 8.42 Å². The van der Waals surface area contributed by atoms with Crippen molar-refractivity contribution in [3.8, 4) is 11.6 Å². The smallest absolute Gasteiger partial charge is 0.261 e. The van der Waals surface area contributed by atoms with E-state index in [1.807, 2.05) is 13.0 Å². The summed E-state index contributed by atoms with van der Waals surface area (Å²) in [5, 5.41) is 3.22. The number of rotatable bonds is 6. The lowest BCUT2D eigenvalue weighted by Gasteiger charge is -2.11. The molecule has 162 valence electrons. The Morgan fingerprint density at radius 3 is 2.62 bits per heavy atom. The maximum Gasteiger partial charge on any atom is 0.261 e. The molecule has 2 aromatic heterocycles. The van der Waals surface area contributed by atoms with Crippen molar-refractivity contribution >= 4 is 27.2 Å². The van der Waals surface area contributed by atoms with Gasteiger partial charge in [0.2, 0.25) is 0 Å². The normalized spacial score (nSPS) is 12.8. The van der Waals surface area contributed by atoms with Gasteiger partial charge < -0.3 is 10.1 Å².